The van der Waals surface area contributed by atoms with E-state index in [1.165, 1.54) is 11.3 Å². The van der Waals surface area contributed by atoms with Crippen LogP contribution in [0.2, 0.25) is 5.02 Å². The van der Waals surface area contributed by atoms with Gasteiger partial charge in [-0.3, -0.25) is 0 Å². The molecule has 0 bridgehead atoms. The fourth-order valence-electron chi connectivity index (χ4n) is 2.73. The van der Waals surface area contributed by atoms with Gasteiger partial charge >= 0.3 is 0 Å². The number of halogens is 1. The zero-order valence-corrected chi connectivity index (χ0v) is 16.0. The van der Waals surface area contributed by atoms with Crippen molar-refractivity contribution in [2.75, 3.05) is 0 Å². The van der Waals surface area contributed by atoms with E-state index in [1.807, 2.05) is 60.0 Å². The van der Waals surface area contributed by atoms with Crippen molar-refractivity contribution in [2.45, 2.75) is 0 Å². The van der Waals surface area contributed by atoms with Gasteiger partial charge in [0.25, 0.3) is 0 Å². The van der Waals surface area contributed by atoms with Crippen LogP contribution in [0.4, 0.5) is 0 Å². The molecule has 0 fully saturated rings. The van der Waals surface area contributed by atoms with Gasteiger partial charge in [-0.15, -0.1) is 11.3 Å². The first-order valence-corrected chi connectivity index (χ1v) is 9.63. The van der Waals surface area contributed by atoms with Crippen LogP contribution in [-0.4, -0.2) is 10.1 Å². The highest BCUT2D eigenvalue weighted by Crippen LogP contribution is 2.34. The van der Waals surface area contributed by atoms with Gasteiger partial charge in [0, 0.05) is 16.5 Å². The van der Waals surface area contributed by atoms with Crippen molar-refractivity contribution in [1.82, 2.24) is 4.98 Å². The number of allylic oxidation sites excluding steroid dienone is 1. The molecule has 6 heteroatoms. The van der Waals surface area contributed by atoms with Crippen molar-refractivity contribution in [3.63, 3.8) is 0 Å². The highest BCUT2D eigenvalue weighted by molar-refractivity contribution is 7.11. The quantitative estimate of drug-likeness (QED) is 0.304. The van der Waals surface area contributed by atoms with Gasteiger partial charge in [-0.1, -0.05) is 54.1 Å². The van der Waals surface area contributed by atoms with E-state index < -0.39 is 0 Å². The van der Waals surface area contributed by atoms with Crippen molar-refractivity contribution >= 4 is 34.3 Å². The maximum Gasteiger partial charge on any atom is 0.179 e. The van der Waals surface area contributed by atoms with E-state index in [1.54, 1.807) is 18.2 Å². The molecule has 0 saturated heterocycles. The van der Waals surface area contributed by atoms with E-state index in [4.69, 9.17) is 16.0 Å². The number of furan rings is 1. The number of thiazole rings is 1. The van der Waals surface area contributed by atoms with Gasteiger partial charge in [-0.05, 0) is 24.3 Å². The second-order valence-corrected chi connectivity index (χ2v) is 7.15. The third kappa shape index (κ3) is 3.44. The zero-order valence-electron chi connectivity index (χ0n) is 14.5. The minimum absolute atomic E-state index is 0.0623. The maximum atomic E-state index is 10.6. The lowest BCUT2D eigenvalue weighted by Crippen LogP contribution is -1.89. The highest BCUT2D eigenvalue weighted by Gasteiger charge is 2.18. The summed E-state index contributed by atoms with van der Waals surface area (Å²) in [5, 5.41) is 23.1. The van der Waals surface area contributed by atoms with Crippen molar-refractivity contribution in [3.8, 4) is 28.7 Å². The first kappa shape index (κ1) is 18.1. The van der Waals surface area contributed by atoms with E-state index >= 15 is 0 Å². The van der Waals surface area contributed by atoms with Gasteiger partial charge in [0.2, 0.25) is 0 Å². The Labute approximate surface area is 170 Å². The predicted octanol–water partition coefficient (Wildman–Crippen LogP) is 6.67. The van der Waals surface area contributed by atoms with Gasteiger partial charge in [0.05, 0.1) is 10.7 Å². The minimum atomic E-state index is -0.255. The molecule has 2 heterocycles. The summed E-state index contributed by atoms with van der Waals surface area (Å²) < 4.78 is 5.74. The molecule has 0 aliphatic carbocycles. The lowest BCUT2D eigenvalue weighted by molar-refractivity contribution is 0.466. The average Bonchev–Trinajstić information content (AvgIpc) is 3.40. The van der Waals surface area contributed by atoms with Gasteiger partial charge in [-0.2, -0.15) is 5.26 Å². The molecule has 1 N–H and O–H groups in total. The number of benzene rings is 2. The number of hydrogen-bond acceptors (Lipinski definition) is 5. The number of rotatable bonds is 4. The van der Waals surface area contributed by atoms with E-state index in [0.29, 0.717) is 21.4 Å². The summed E-state index contributed by atoms with van der Waals surface area (Å²) in [7, 11) is 0. The molecule has 4 rings (SSSR count). The molecular formula is C22H13ClN2O2S. The SMILES string of the molecule is N#C/C(=C(/O)c1ccc(-c2ccccc2Cl)o1)c1nc(-c2ccccc2)cs1. The molecule has 4 aromatic rings. The molecule has 0 radical (unpaired) electrons. The van der Waals surface area contributed by atoms with Crippen LogP contribution in [0, 0.1) is 11.3 Å². The molecule has 0 aliphatic heterocycles. The second-order valence-electron chi connectivity index (χ2n) is 5.88. The summed E-state index contributed by atoms with van der Waals surface area (Å²) >= 11 is 7.49. The molecule has 0 amide bonds. The van der Waals surface area contributed by atoms with Crippen LogP contribution in [0.5, 0.6) is 0 Å². The fraction of sp³-hybridized carbons (Fsp3) is 0. The van der Waals surface area contributed by atoms with Crippen molar-refractivity contribution in [2.24, 2.45) is 0 Å². The molecule has 2 aromatic carbocycles. The van der Waals surface area contributed by atoms with Gasteiger partial charge in [0.15, 0.2) is 11.5 Å². The molecule has 136 valence electrons. The van der Waals surface area contributed by atoms with Crippen LogP contribution in [0.25, 0.3) is 33.9 Å². The van der Waals surface area contributed by atoms with E-state index in [-0.39, 0.29) is 17.1 Å². The standard InChI is InChI=1S/C22H13ClN2O2S/c23-17-9-5-4-8-15(17)19-10-11-20(27-19)21(26)16(12-24)22-25-18(13-28-22)14-6-2-1-3-7-14/h1-11,13,26H/b21-16-. The van der Waals surface area contributed by atoms with E-state index in [9.17, 15) is 10.4 Å². The zero-order chi connectivity index (χ0) is 19.5. The van der Waals surface area contributed by atoms with Crippen molar-refractivity contribution in [1.29, 1.82) is 5.26 Å². The number of aliphatic hydroxyl groups is 1. The predicted molar refractivity (Wildman–Crippen MR) is 112 cm³/mol. The Balaban J connectivity index is 1.71. The van der Waals surface area contributed by atoms with Gasteiger partial charge < -0.3 is 9.52 Å². The lowest BCUT2D eigenvalue weighted by Gasteiger charge is -2.01. The summed E-state index contributed by atoms with van der Waals surface area (Å²) in [5.41, 5.74) is 2.47. The topological polar surface area (TPSA) is 70.0 Å². The second kappa shape index (κ2) is 7.73. The molecular weight excluding hydrogens is 392 g/mol. The van der Waals surface area contributed by atoms with E-state index in [0.717, 1.165) is 11.3 Å². The number of aliphatic hydroxyl groups excluding tert-OH is 1. The van der Waals surface area contributed by atoms with Crippen molar-refractivity contribution in [3.05, 3.63) is 87.9 Å². The first-order valence-electron chi connectivity index (χ1n) is 8.37. The maximum absolute atomic E-state index is 10.6. The van der Waals surface area contributed by atoms with Crippen LogP contribution >= 0.6 is 22.9 Å². The Bertz CT molecular complexity index is 1200. The van der Waals surface area contributed by atoms with Crippen LogP contribution in [0.15, 0.2) is 76.5 Å². The van der Waals surface area contributed by atoms with Crippen LogP contribution in [0.1, 0.15) is 10.8 Å². The Morgan fingerprint density at radius 1 is 1.04 bits per heavy atom. The summed E-state index contributed by atoms with van der Waals surface area (Å²) in [4.78, 5) is 4.49. The number of hydrogen-bond donors (Lipinski definition) is 1. The average molecular weight is 405 g/mol. The highest BCUT2D eigenvalue weighted by atomic mass is 35.5. The van der Waals surface area contributed by atoms with Crippen LogP contribution in [-0.2, 0) is 0 Å². The molecule has 0 atom stereocenters. The molecule has 4 nitrogen and oxygen atoms in total. The monoisotopic (exact) mass is 404 g/mol. The van der Waals surface area contributed by atoms with Crippen LogP contribution in [0.3, 0.4) is 0 Å². The Hall–Kier alpha value is -3.33. The van der Waals surface area contributed by atoms with Crippen LogP contribution < -0.4 is 0 Å². The third-order valence-electron chi connectivity index (χ3n) is 4.11. The molecule has 0 unspecified atom stereocenters. The Kier molecular flexibility index (Phi) is 4.98. The van der Waals surface area contributed by atoms with Crippen molar-refractivity contribution < 1.29 is 9.52 Å². The largest absolute Gasteiger partial charge is 0.503 e. The summed E-state index contributed by atoms with van der Waals surface area (Å²) in [6.45, 7) is 0. The molecule has 2 aromatic heterocycles. The molecule has 0 spiro atoms. The smallest absolute Gasteiger partial charge is 0.179 e. The Morgan fingerprint density at radius 3 is 2.54 bits per heavy atom. The summed E-state index contributed by atoms with van der Waals surface area (Å²) in [5.74, 6) is 0.436. The normalized spacial score (nSPS) is 11.7. The summed E-state index contributed by atoms with van der Waals surface area (Å²) in [6.07, 6.45) is 0. The van der Waals surface area contributed by atoms with Gasteiger partial charge in [-0.25, -0.2) is 4.98 Å². The van der Waals surface area contributed by atoms with Gasteiger partial charge in [0.1, 0.15) is 22.4 Å². The third-order valence-corrected chi connectivity index (χ3v) is 5.30. The van der Waals surface area contributed by atoms with E-state index in [2.05, 4.69) is 4.98 Å². The number of aromatic nitrogens is 1. The first-order chi connectivity index (χ1) is 13.7. The molecule has 0 saturated carbocycles. The number of nitriles is 1. The lowest BCUT2D eigenvalue weighted by atomic mass is 10.2. The number of nitrogens with zero attached hydrogens (tertiary/aromatic N) is 2. The Morgan fingerprint density at radius 2 is 1.79 bits per heavy atom. The summed E-state index contributed by atoms with van der Waals surface area (Å²) in [6, 6.07) is 22.3. The molecule has 0 aliphatic rings. The molecule has 28 heavy (non-hydrogen) atoms. The fourth-order valence-corrected chi connectivity index (χ4v) is 3.78. The minimum Gasteiger partial charge on any atom is -0.503 e.